The molecule has 5 nitrogen and oxygen atoms in total. The van der Waals surface area contributed by atoms with Crippen molar-refractivity contribution in [2.24, 2.45) is 0 Å². The predicted molar refractivity (Wildman–Crippen MR) is 44.8 cm³/mol. The highest BCUT2D eigenvalue weighted by Gasteiger charge is 2.36. The van der Waals surface area contributed by atoms with Crippen LogP contribution >= 0.6 is 0 Å². The molecule has 0 spiro atoms. The first-order valence-corrected chi connectivity index (χ1v) is 4.42. The molecule has 0 N–H and O–H groups in total. The molecule has 2 atom stereocenters. The minimum Gasteiger partial charge on any atom is -0.455 e. The largest absolute Gasteiger partial charge is 0.455 e. The molecule has 0 unspecified atom stereocenters. The minimum absolute atomic E-state index is 0.341. The van der Waals surface area contributed by atoms with Gasteiger partial charge < -0.3 is 4.74 Å². The summed E-state index contributed by atoms with van der Waals surface area (Å²) in [6.07, 6.45) is 2.38. The van der Waals surface area contributed by atoms with Gasteiger partial charge in [-0.3, -0.25) is 14.9 Å². The van der Waals surface area contributed by atoms with E-state index in [4.69, 9.17) is 4.74 Å². The Morgan fingerprint density at radius 3 is 2.62 bits per heavy atom. The number of hydrogen-bond donors (Lipinski definition) is 0. The fraction of sp³-hybridized carbons (Fsp3) is 0.875. The van der Waals surface area contributed by atoms with Crippen molar-refractivity contribution in [3.05, 3.63) is 10.1 Å². The first-order chi connectivity index (χ1) is 6.11. The molecule has 74 valence electrons. The molecule has 5 heteroatoms. The summed E-state index contributed by atoms with van der Waals surface area (Å²) in [4.78, 5) is 20.9. The Morgan fingerprint density at radius 1 is 1.46 bits per heavy atom. The highest BCUT2D eigenvalue weighted by atomic mass is 16.6. The maximum atomic E-state index is 10.6. The lowest BCUT2D eigenvalue weighted by atomic mass is 9.93. The molecule has 0 amide bonds. The van der Waals surface area contributed by atoms with E-state index in [-0.39, 0.29) is 4.92 Å². The zero-order chi connectivity index (χ0) is 9.84. The number of carbonyl (C=O) groups excluding carboxylic acids is 1. The Morgan fingerprint density at radius 2 is 2.08 bits per heavy atom. The fourth-order valence-electron chi connectivity index (χ4n) is 1.67. The molecule has 0 heterocycles. The van der Waals surface area contributed by atoms with Crippen LogP contribution in [-0.2, 0) is 9.53 Å². The van der Waals surface area contributed by atoms with Crippen LogP contribution in [0.3, 0.4) is 0 Å². The van der Waals surface area contributed by atoms with Gasteiger partial charge in [-0.25, -0.2) is 0 Å². The van der Waals surface area contributed by atoms with Crippen LogP contribution in [0.1, 0.15) is 32.6 Å². The van der Waals surface area contributed by atoms with Crippen molar-refractivity contribution >= 4 is 5.97 Å². The normalized spacial score (nSPS) is 28.1. The molecule has 13 heavy (non-hydrogen) atoms. The van der Waals surface area contributed by atoms with Crippen LogP contribution < -0.4 is 0 Å². The average Bonchev–Trinajstić information content (AvgIpc) is 2.03. The molecular formula is C8H13NO4. The van der Waals surface area contributed by atoms with E-state index in [1.54, 1.807) is 0 Å². The molecule has 0 saturated heterocycles. The molecule has 0 bridgehead atoms. The van der Waals surface area contributed by atoms with E-state index < -0.39 is 18.1 Å². The quantitative estimate of drug-likeness (QED) is 0.369. The minimum atomic E-state index is -0.697. The number of nitro groups is 1. The average molecular weight is 187 g/mol. The first-order valence-electron chi connectivity index (χ1n) is 4.42. The number of hydrogen-bond acceptors (Lipinski definition) is 4. The molecule has 1 rings (SSSR count). The van der Waals surface area contributed by atoms with Crippen LogP contribution in [0, 0.1) is 10.1 Å². The van der Waals surface area contributed by atoms with Gasteiger partial charge in [0.05, 0.1) is 0 Å². The summed E-state index contributed by atoms with van der Waals surface area (Å²) < 4.78 is 4.88. The third kappa shape index (κ3) is 2.68. The molecule has 1 aliphatic carbocycles. The Labute approximate surface area is 76.2 Å². The van der Waals surface area contributed by atoms with E-state index in [1.807, 2.05) is 0 Å². The summed E-state index contributed by atoms with van der Waals surface area (Å²) >= 11 is 0. The SMILES string of the molecule is CC(=O)O[C@H]1CCCC[C@H]1[N+](=O)[O-]. The lowest BCUT2D eigenvalue weighted by Gasteiger charge is -2.24. The second-order valence-electron chi connectivity index (χ2n) is 3.29. The van der Waals surface area contributed by atoms with Crippen LogP contribution in [0.2, 0.25) is 0 Å². The van der Waals surface area contributed by atoms with E-state index in [0.717, 1.165) is 12.8 Å². The lowest BCUT2D eigenvalue weighted by Crippen LogP contribution is -2.39. The van der Waals surface area contributed by atoms with E-state index in [0.29, 0.717) is 12.8 Å². The van der Waals surface area contributed by atoms with Crippen LogP contribution in [0.15, 0.2) is 0 Å². The molecule has 1 fully saturated rings. The van der Waals surface area contributed by atoms with Crippen molar-refractivity contribution < 1.29 is 14.5 Å². The highest BCUT2D eigenvalue weighted by Crippen LogP contribution is 2.23. The molecule has 0 aromatic heterocycles. The van der Waals surface area contributed by atoms with Crippen LogP contribution in [0.4, 0.5) is 0 Å². The zero-order valence-electron chi connectivity index (χ0n) is 7.56. The van der Waals surface area contributed by atoms with Crippen molar-refractivity contribution in [2.45, 2.75) is 44.8 Å². The van der Waals surface area contributed by atoms with Crippen LogP contribution in [-0.4, -0.2) is 23.0 Å². The number of nitrogens with zero attached hydrogens (tertiary/aromatic N) is 1. The predicted octanol–water partition coefficient (Wildman–Crippen LogP) is 1.14. The van der Waals surface area contributed by atoms with Gasteiger partial charge in [-0.15, -0.1) is 0 Å². The summed E-state index contributed by atoms with van der Waals surface area (Å²) in [5, 5.41) is 10.6. The van der Waals surface area contributed by atoms with Crippen molar-refractivity contribution in [1.29, 1.82) is 0 Å². The number of esters is 1. The topological polar surface area (TPSA) is 69.4 Å². The molecular weight excluding hydrogens is 174 g/mol. The van der Waals surface area contributed by atoms with Crippen molar-refractivity contribution in [2.75, 3.05) is 0 Å². The van der Waals surface area contributed by atoms with Gasteiger partial charge in [0.1, 0.15) is 0 Å². The second-order valence-corrected chi connectivity index (χ2v) is 3.29. The lowest BCUT2D eigenvalue weighted by molar-refractivity contribution is -0.537. The first kappa shape index (κ1) is 9.95. The second kappa shape index (κ2) is 4.20. The standard InChI is InChI=1S/C8H13NO4/c1-6(10)13-8-5-3-2-4-7(8)9(11)12/h7-8H,2-5H2,1H3/t7-,8+/m1/s1. The molecule has 0 radical (unpaired) electrons. The summed E-state index contributed by atoms with van der Waals surface area (Å²) in [6.45, 7) is 1.28. The number of carbonyl (C=O) groups is 1. The Balaban J connectivity index is 2.56. The maximum absolute atomic E-state index is 10.6. The van der Waals surface area contributed by atoms with Crippen molar-refractivity contribution in [1.82, 2.24) is 0 Å². The van der Waals surface area contributed by atoms with Crippen LogP contribution in [0.5, 0.6) is 0 Å². The van der Waals surface area contributed by atoms with Crippen molar-refractivity contribution in [3.8, 4) is 0 Å². The van der Waals surface area contributed by atoms with Gasteiger partial charge in [-0.05, 0) is 19.3 Å². The molecule has 1 saturated carbocycles. The number of rotatable bonds is 2. The van der Waals surface area contributed by atoms with E-state index in [9.17, 15) is 14.9 Å². The fourth-order valence-corrected chi connectivity index (χ4v) is 1.67. The summed E-state index contributed by atoms with van der Waals surface area (Å²) in [6, 6.07) is -0.697. The summed E-state index contributed by atoms with van der Waals surface area (Å²) in [5.74, 6) is -0.432. The van der Waals surface area contributed by atoms with Gasteiger partial charge in [0.25, 0.3) is 0 Å². The van der Waals surface area contributed by atoms with Gasteiger partial charge in [-0.1, -0.05) is 0 Å². The third-order valence-electron chi connectivity index (χ3n) is 2.26. The maximum Gasteiger partial charge on any atom is 0.303 e. The van der Waals surface area contributed by atoms with E-state index >= 15 is 0 Å². The van der Waals surface area contributed by atoms with Crippen molar-refractivity contribution in [3.63, 3.8) is 0 Å². The van der Waals surface area contributed by atoms with Gasteiger partial charge >= 0.3 is 5.97 Å². The smallest absolute Gasteiger partial charge is 0.303 e. The molecule has 0 aromatic carbocycles. The van der Waals surface area contributed by atoms with E-state index in [1.165, 1.54) is 6.92 Å². The molecule has 1 aliphatic rings. The van der Waals surface area contributed by atoms with Gasteiger partial charge in [0, 0.05) is 18.3 Å². The summed E-state index contributed by atoms with van der Waals surface area (Å²) in [5.41, 5.74) is 0. The number of ether oxygens (including phenoxy) is 1. The monoisotopic (exact) mass is 187 g/mol. The Bertz CT molecular complexity index is 216. The Hall–Kier alpha value is -1.13. The van der Waals surface area contributed by atoms with Gasteiger partial charge in [-0.2, -0.15) is 0 Å². The Kier molecular flexibility index (Phi) is 3.22. The third-order valence-corrected chi connectivity index (χ3v) is 2.26. The molecule has 0 aliphatic heterocycles. The highest BCUT2D eigenvalue weighted by molar-refractivity contribution is 5.66. The summed E-state index contributed by atoms with van der Waals surface area (Å²) in [7, 11) is 0. The van der Waals surface area contributed by atoms with Gasteiger partial charge in [0.15, 0.2) is 6.10 Å². The van der Waals surface area contributed by atoms with Gasteiger partial charge in [0.2, 0.25) is 6.04 Å². The zero-order valence-corrected chi connectivity index (χ0v) is 7.56. The van der Waals surface area contributed by atoms with E-state index in [2.05, 4.69) is 0 Å². The van der Waals surface area contributed by atoms with Crippen LogP contribution in [0.25, 0.3) is 0 Å². The molecule has 0 aromatic rings.